The average Bonchev–Trinajstić information content (AvgIpc) is 2.33. The molecule has 0 atom stereocenters. The van der Waals surface area contributed by atoms with Crippen LogP contribution in [0, 0.1) is 0 Å². The zero-order valence-corrected chi connectivity index (χ0v) is 11.7. The highest BCUT2D eigenvalue weighted by atomic mass is 79.9. The minimum Gasteiger partial charge on any atom is -0.371 e. The third-order valence-electron chi connectivity index (χ3n) is 3.17. The van der Waals surface area contributed by atoms with E-state index < -0.39 is 0 Å². The maximum atomic E-state index is 6.10. The zero-order chi connectivity index (χ0) is 11.5. The number of benzene rings is 1. The topological polar surface area (TPSA) is 15.3 Å². The molecule has 2 rings (SSSR count). The molecule has 1 fully saturated rings. The minimum absolute atomic E-state index is 0.669. The molecule has 0 aliphatic carbocycles. The van der Waals surface area contributed by atoms with Crippen LogP contribution in [0.4, 0.5) is 5.69 Å². The van der Waals surface area contributed by atoms with Crippen molar-refractivity contribution in [2.24, 2.45) is 0 Å². The Bertz CT molecular complexity index is 362. The monoisotopic (exact) mass is 302 g/mol. The number of rotatable bonds is 2. The summed E-state index contributed by atoms with van der Waals surface area (Å²) >= 11 is 9.52. The first-order chi connectivity index (χ1) is 7.70. The van der Waals surface area contributed by atoms with Crippen molar-refractivity contribution in [3.63, 3.8) is 0 Å². The van der Waals surface area contributed by atoms with Crippen molar-refractivity contribution in [3.8, 4) is 0 Å². The van der Waals surface area contributed by atoms with Gasteiger partial charge in [-0.1, -0.05) is 11.6 Å². The molecule has 1 aromatic rings. The van der Waals surface area contributed by atoms with Crippen LogP contribution >= 0.6 is 27.5 Å². The largest absolute Gasteiger partial charge is 0.371 e. The lowest BCUT2D eigenvalue weighted by molar-refractivity contribution is 0.442. The molecule has 0 amide bonds. The minimum atomic E-state index is 0.669. The third kappa shape index (κ3) is 2.70. The van der Waals surface area contributed by atoms with Gasteiger partial charge in [0.15, 0.2) is 0 Å². The van der Waals surface area contributed by atoms with E-state index in [0.29, 0.717) is 6.04 Å². The van der Waals surface area contributed by atoms with E-state index in [0.717, 1.165) is 22.6 Å². The van der Waals surface area contributed by atoms with Crippen LogP contribution in [0.2, 0.25) is 5.02 Å². The summed E-state index contributed by atoms with van der Waals surface area (Å²) in [6.45, 7) is 2.20. The molecule has 0 saturated carbocycles. The first-order valence-corrected chi connectivity index (χ1v) is 6.75. The molecule has 4 heteroatoms. The number of anilines is 1. The van der Waals surface area contributed by atoms with E-state index in [1.54, 1.807) is 0 Å². The number of nitrogens with zero attached hydrogens (tertiary/aromatic N) is 1. The predicted molar refractivity (Wildman–Crippen MR) is 73.4 cm³/mol. The molecule has 1 aliphatic heterocycles. The normalized spacial score (nSPS) is 17.8. The third-order valence-corrected chi connectivity index (χ3v) is 4.40. The fourth-order valence-electron chi connectivity index (χ4n) is 2.11. The van der Waals surface area contributed by atoms with E-state index >= 15 is 0 Å². The van der Waals surface area contributed by atoms with Crippen LogP contribution in [0.15, 0.2) is 22.7 Å². The second-order valence-corrected chi connectivity index (χ2v) is 5.41. The Kier molecular flexibility index (Phi) is 4.11. The van der Waals surface area contributed by atoms with Crippen molar-refractivity contribution in [3.05, 3.63) is 27.7 Å². The molecule has 1 aromatic carbocycles. The van der Waals surface area contributed by atoms with Gasteiger partial charge in [-0.25, -0.2) is 0 Å². The van der Waals surface area contributed by atoms with Crippen LogP contribution in [0.25, 0.3) is 0 Å². The summed E-state index contributed by atoms with van der Waals surface area (Å²) in [5.74, 6) is 0. The predicted octanol–water partition coefficient (Wildman–Crippen LogP) is 3.29. The van der Waals surface area contributed by atoms with Crippen molar-refractivity contribution in [1.82, 2.24) is 5.32 Å². The first-order valence-electron chi connectivity index (χ1n) is 5.58. The Balaban J connectivity index is 2.05. The average molecular weight is 304 g/mol. The van der Waals surface area contributed by atoms with Gasteiger partial charge in [0.2, 0.25) is 0 Å². The van der Waals surface area contributed by atoms with Crippen molar-refractivity contribution in [2.45, 2.75) is 18.9 Å². The van der Waals surface area contributed by atoms with Gasteiger partial charge in [-0.3, -0.25) is 0 Å². The summed E-state index contributed by atoms with van der Waals surface area (Å²) in [4.78, 5) is 2.40. The summed E-state index contributed by atoms with van der Waals surface area (Å²) in [6, 6.07) is 6.84. The highest BCUT2D eigenvalue weighted by molar-refractivity contribution is 9.10. The number of hydrogen-bond donors (Lipinski definition) is 1. The second-order valence-electron chi connectivity index (χ2n) is 4.15. The molecule has 2 nitrogen and oxygen atoms in total. The fourth-order valence-corrected chi connectivity index (χ4v) is 2.53. The number of piperidine rings is 1. The van der Waals surface area contributed by atoms with Gasteiger partial charge in [-0.15, -0.1) is 0 Å². The molecule has 1 heterocycles. The number of nitrogens with one attached hydrogen (secondary N) is 1. The van der Waals surface area contributed by atoms with Crippen LogP contribution in [0.1, 0.15) is 12.8 Å². The highest BCUT2D eigenvalue weighted by Crippen LogP contribution is 2.28. The molecular formula is C12H16BrClN2. The van der Waals surface area contributed by atoms with Gasteiger partial charge in [-0.05, 0) is 54.0 Å². The molecule has 0 spiro atoms. The zero-order valence-electron chi connectivity index (χ0n) is 9.34. The fraction of sp³-hybridized carbons (Fsp3) is 0.500. The molecule has 88 valence electrons. The van der Waals surface area contributed by atoms with Gasteiger partial charge in [0.25, 0.3) is 0 Å². The van der Waals surface area contributed by atoms with Crippen LogP contribution < -0.4 is 10.2 Å². The maximum absolute atomic E-state index is 6.10. The van der Waals surface area contributed by atoms with Crippen molar-refractivity contribution in [2.75, 3.05) is 25.0 Å². The molecule has 1 saturated heterocycles. The SMILES string of the molecule is CNC1CCN(c2ccc(Br)c(Cl)c2)CC1. The van der Waals surface area contributed by atoms with E-state index in [2.05, 4.69) is 32.2 Å². The van der Waals surface area contributed by atoms with Crippen LogP contribution in [-0.2, 0) is 0 Å². The molecule has 1 N–H and O–H groups in total. The van der Waals surface area contributed by atoms with Gasteiger partial charge in [0, 0.05) is 29.3 Å². The Morgan fingerprint density at radius 2 is 2.06 bits per heavy atom. The first kappa shape index (κ1) is 12.2. The molecule has 0 aromatic heterocycles. The lowest BCUT2D eigenvalue weighted by atomic mass is 10.0. The molecule has 1 aliphatic rings. The molecule has 16 heavy (non-hydrogen) atoms. The van der Waals surface area contributed by atoms with Crippen molar-refractivity contribution in [1.29, 1.82) is 0 Å². The molecule has 0 bridgehead atoms. The van der Waals surface area contributed by atoms with Crippen molar-refractivity contribution >= 4 is 33.2 Å². The Morgan fingerprint density at radius 3 is 2.62 bits per heavy atom. The van der Waals surface area contributed by atoms with Gasteiger partial charge >= 0.3 is 0 Å². The smallest absolute Gasteiger partial charge is 0.0568 e. The summed E-state index contributed by atoms with van der Waals surface area (Å²) in [5.41, 5.74) is 1.22. The Morgan fingerprint density at radius 1 is 1.38 bits per heavy atom. The van der Waals surface area contributed by atoms with Crippen LogP contribution in [-0.4, -0.2) is 26.2 Å². The summed E-state index contributed by atoms with van der Waals surface area (Å²) in [6.07, 6.45) is 2.40. The van der Waals surface area contributed by atoms with Crippen LogP contribution in [0.3, 0.4) is 0 Å². The van der Waals surface area contributed by atoms with E-state index in [1.807, 2.05) is 19.2 Å². The lowest BCUT2D eigenvalue weighted by Crippen LogP contribution is -2.41. The van der Waals surface area contributed by atoms with E-state index in [1.165, 1.54) is 18.5 Å². The van der Waals surface area contributed by atoms with Crippen molar-refractivity contribution < 1.29 is 0 Å². The van der Waals surface area contributed by atoms with Gasteiger partial charge < -0.3 is 10.2 Å². The summed E-state index contributed by atoms with van der Waals surface area (Å²) < 4.78 is 0.961. The Labute approximate surface area is 110 Å². The number of hydrogen-bond acceptors (Lipinski definition) is 2. The highest BCUT2D eigenvalue weighted by Gasteiger charge is 2.18. The Hall–Kier alpha value is -0.250. The maximum Gasteiger partial charge on any atom is 0.0568 e. The number of halogens is 2. The molecular weight excluding hydrogens is 288 g/mol. The van der Waals surface area contributed by atoms with Crippen LogP contribution in [0.5, 0.6) is 0 Å². The van der Waals surface area contributed by atoms with E-state index in [-0.39, 0.29) is 0 Å². The van der Waals surface area contributed by atoms with E-state index in [9.17, 15) is 0 Å². The quantitative estimate of drug-likeness (QED) is 0.902. The lowest BCUT2D eigenvalue weighted by Gasteiger charge is -2.33. The van der Waals surface area contributed by atoms with Gasteiger partial charge in [0.1, 0.15) is 0 Å². The summed E-state index contributed by atoms with van der Waals surface area (Å²) in [7, 11) is 2.04. The second kappa shape index (κ2) is 5.39. The van der Waals surface area contributed by atoms with Gasteiger partial charge in [0.05, 0.1) is 5.02 Å². The molecule has 0 unspecified atom stereocenters. The van der Waals surface area contributed by atoms with E-state index in [4.69, 9.17) is 11.6 Å². The van der Waals surface area contributed by atoms with Gasteiger partial charge in [-0.2, -0.15) is 0 Å². The molecule has 0 radical (unpaired) electrons. The standard InChI is InChI=1S/C12H16BrClN2/c1-15-9-4-6-16(7-5-9)10-2-3-11(13)12(14)8-10/h2-3,8-9,15H,4-7H2,1H3. The summed E-state index contributed by atoms with van der Waals surface area (Å²) in [5, 5.41) is 4.12.